The number of piperidine rings is 1. The van der Waals surface area contributed by atoms with Crippen LogP contribution >= 0.6 is 0 Å². The fourth-order valence-corrected chi connectivity index (χ4v) is 6.05. The number of benzene rings is 2. The number of aliphatic hydroxyl groups excluding tert-OH is 1. The van der Waals surface area contributed by atoms with Crippen molar-refractivity contribution in [1.82, 2.24) is 19.6 Å². The quantitative estimate of drug-likeness (QED) is 0.421. The Bertz CT molecular complexity index is 1330. The van der Waals surface area contributed by atoms with Crippen molar-refractivity contribution in [3.63, 3.8) is 0 Å². The summed E-state index contributed by atoms with van der Waals surface area (Å²) in [5.41, 5.74) is -2.53. The van der Waals surface area contributed by atoms with E-state index in [0.29, 0.717) is 56.7 Å². The maximum absolute atomic E-state index is 14.1. The first kappa shape index (κ1) is 33.5. The van der Waals surface area contributed by atoms with E-state index in [1.165, 1.54) is 44.0 Å². The molecule has 44 heavy (non-hydrogen) atoms. The second kappa shape index (κ2) is 12.9. The molecule has 2 aliphatic rings. The van der Waals surface area contributed by atoms with Crippen molar-refractivity contribution >= 4 is 11.9 Å². The van der Waals surface area contributed by atoms with E-state index >= 15 is 0 Å². The zero-order chi connectivity index (χ0) is 32.6. The standard InChI is InChI=1S/C30H35F7N4O3/c1-18(20-12-22(29(32,33)34)15-23(13-20)30(35,36)37)38(3)28(44)41-7-6-25(40-10-8-39(9-11-40)19(2)43)16-27(41)26-5-4-24(31)14-21(26)17-42/h4-5,12-15,18,25,27,42H,6-11,16-17H2,1-3H3/t18-,25+,27-/m1/s1. The summed E-state index contributed by atoms with van der Waals surface area (Å²) in [6.07, 6.45) is -9.18. The minimum Gasteiger partial charge on any atom is -0.392 e. The predicted molar refractivity (Wildman–Crippen MR) is 147 cm³/mol. The molecule has 3 atom stereocenters. The SMILES string of the molecule is CC(=O)N1CCN([C@H]2CCN(C(=O)N(C)[C@H](C)c3cc(C(F)(F)F)cc(C(F)(F)F)c3)[C@@H](c3ccc(F)cc3CO)C2)CC1. The molecular formula is C30H35F7N4O3. The molecule has 2 aromatic rings. The highest BCUT2D eigenvalue weighted by Crippen LogP contribution is 2.40. The number of carbonyl (C=O) groups excluding carboxylic acids is 2. The molecule has 2 saturated heterocycles. The Morgan fingerprint density at radius 1 is 0.955 bits per heavy atom. The van der Waals surface area contributed by atoms with E-state index in [2.05, 4.69) is 4.90 Å². The third-order valence-corrected chi connectivity index (χ3v) is 8.71. The van der Waals surface area contributed by atoms with E-state index in [4.69, 9.17) is 0 Å². The summed E-state index contributed by atoms with van der Waals surface area (Å²) in [6, 6.07) is 2.60. The second-order valence-electron chi connectivity index (χ2n) is 11.3. The van der Waals surface area contributed by atoms with Gasteiger partial charge in [0.25, 0.3) is 0 Å². The maximum atomic E-state index is 14.1. The predicted octanol–water partition coefficient (Wildman–Crippen LogP) is 5.84. The van der Waals surface area contributed by atoms with Crippen molar-refractivity contribution in [3.8, 4) is 0 Å². The lowest BCUT2D eigenvalue weighted by Gasteiger charge is -2.47. The molecule has 2 fully saturated rings. The number of rotatable bonds is 5. The van der Waals surface area contributed by atoms with Gasteiger partial charge in [-0.2, -0.15) is 26.3 Å². The zero-order valence-electron chi connectivity index (χ0n) is 24.6. The van der Waals surface area contributed by atoms with Crippen LogP contribution in [-0.2, 0) is 23.8 Å². The van der Waals surface area contributed by atoms with Gasteiger partial charge in [0.2, 0.25) is 5.91 Å². The Balaban J connectivity index is 1.64. The molecule has 0 spiro atoms. The molecule has 2 aliphatic heterocycles. The molecule has 7 nitrogen and oxygen atoms in total. The van der Waals surface area contributed by atoms with Crippen LogP contribution in [0.1, 0.15) is 66.6 Å². The van der Waals surface area contributed by atoms with Crippen LogP contribution < -0.4 is 0 Å². The van der Waals surface area contributed by atoms with Gasteiger partial charge in [-0.3, -0.25) is 9.69 Å². The summed E-state index contributed by atoms with van der Waals surface area (Å²) in [4.78, 5) is 32.2. The average molecular weight is 633 g/mol. The Morgan fingerprint density at radius 3 is 2.07 bits per heavy atom. The van der Waals surface area contributed by atoms with Crippen LogP contribution in [0.3, 0.4) is 0 Å². The number of likely N-dealkylation sites (tertiary alicyclic amines) is 1. The van der Waals surface area contributed by atoms with Crippen LogP contribution in [0.2, 0.25) is 0 Å². The Morgan fingerprint density at radius 2 is 1.55 bits per heavy atom. The summed E-state index contributed by atoms with van der Waals surface area (Å²) < 4.78 is 95.2. The fraction of sp³-hybridized carbons (Fsp3) is 0.533. The average Bonchev–Trinajstić information content (AvgIpc) is 2.98. The number of carbonyl (C=O) groups is 2. The molecular weight excluding hydrogens is 597 g/mol. The van der Waals surface area contributed by atoms with Gasteiger partial charge >= 0.3 is 18.4 Å². The lowest BCUT2D eigenvalue weighted by atomic mass is 9.88. The number of nitrogens with zero attached hydrogens (tertiary/aromatic N) is 4. The summed E-state index contributed by atoms with van der Waals surface area (Å²) in [5.74, 6) is -0.610. The molecule has 2 heterocycles. The molecule has 0 saturated carbocycles. The molecule has 4 rings (SSSR count). The number of amides is 3. The van der Waals surface area contributed by atoms with Gasteiger partial charge in [0.05, 0.1) is 29.8 Å². The maximum Gasteiger partial charge on any atom is 0.416 e. The van der Waals surface area contributed by atoms with Gasteiger partial charge in [0, 0.05) is 52.7 Å². The number of urea groups is 1. The number of alkyl halides is 6. The van der Waals surface area contributed by atoms with E-state index < -0.39 is 54.0 Å². The van der Waals surface area contributed by atoms with Crippen LogP contribution in [0.4, 0.5) is 35.5 Å². The van der Waals surface area contributed by atoms with Gasteiger partial charge in [0.15, 0.2) is 0 Å². The van der Waals surface area contributed by atoms with Crippen LogP contribution in [0.5, 0.6) is 0 Å². The molecule has 1 N–H and O–H groups in total. The first-order valence-corrected chi connectivity index (χ1v) is 14.2. The van der Waals surface area contributed by atoms with Crippen molar-refractivity contribution in [1.29, 1.82) is 0 Å². The molecule has 0 aliphatic carbocycles. The minimum absolute atomic E-state index is 0.0258. The monoisotopic (exact) mass is 632 g/mol. The molecule has 0 bridgehead atoms. The highest BCUT2D eigenvalue weighted by Gasteiger charge is 2.41. The highest BCUT2D eigenvalue weighted by atomic mass is 19.4. The number of halogens is 7. The van der Waals surface area contributed by atoms with Crippen molar-refractivity contribution in [2.75, 3.05) is 39.8 Å². The van der Waals surface area contributed by atoms with Gasteiger partial charge in [-0.05, 0) is 66.8 Å². The topological polar surface area (TPSA) is 67.3 Å². The number of piperazine rings is 1. The normalized spacial score (nSPS) is 20.9. The second-order valence-corrected chi connectivity index (χ2v) is 11.3. The van der Waals surface area contributed by atoms with Crippen LogP contribution in [0.25, 0.3) is 0 Å². The number of aliphatic hydroxyl groups is 1. The summed E-state index contributed by atoms with van der Waals surface area (Å²) in [7, 11) is 1.31. The van der Waals surface area contributed by atoms with Gasteiger partial charge in [-0.25, -0.2) is 9.18 Å². The zero-order valence-corrected chi connectivity index (χ0v) is 24.6. The molecule has 0 radical (unpaired) electrons. The minimum atomic E-state index is -5.04. The van der Waals surface area contributed by atoms with E-state index in [1.807, 2.05) is 0 Å². The van der Waals surface area contributed by atoms with Gasteiger partial charge in [-0.15, -0.1) is 0 Å². The number of hydrogen-bond acceptors (Lipinski definition) is 4. The Kier molecular flexibility index (Phi) is 9.84. The lowest BCUT2D eigenvalue weighted by molar-refractivity contribution is -0.143. The summed E-state index contributed by atoms with van der Waals surface area (Å²) >= 11 is 0. The number of hydrogen-bond donors (Lipinski definition) is 1. The largest absolute Gasteiger partial charge is 0.416 e. The van der Waals surface area contributed by atoms with Gasteiger partial charge in [-0.1, -0.05) is 6.07 Å². The van der Waals surface area contributed by atoms with E-state index in [9.17, 15) is 45.4 Å². The van der Waals surface area contributed by atoms with Gasteiger partial charge in [0.1, 0.15) is 5.82 Å². The molecule has 0 aromatic heterocycles. The molecule has 3 amide bonds. The molecule has 242 valence electrons. The third kappa shape index (κ3) is 7.28. The third-order valence-electron chi connectivity index (χ3n) is 8.71. The molecule has 0 unspecified atom stereocenters. The lowest BCUT2D eigenvalue weighted by Crippen LogP contribution is -2.56. The van der Waals surface area contributed by atoms with Crippen LogP contribution in [0, 0.1) is 5.82 Å². The van der Waals surface area contributed by atoms with Crippen molar-refractivity contribution in [2.24, 2.45) is 0 Å². The molecule has 2 aromatic carbocycles. The first-order valence-electron chi connectivity index (χ1n) is 14.2. The molecule has 14 heteroatoms. The van der Waals surface area contributed by atoms with E-state index in [0.717, 1.165) is 4.90 Å². The van der Waals surface area contributed by atoms with Crippen molar-refractivity contribution in [3.05, 3.63) is 70.0 Å². The summed E-state index contributed by atoms with van der Waals surface area (Å²) in [5, 5.41) is 10.0. The van der Waals surface area contributed by atoms with Crippen LogP contribution in [0.15, 0.2) is 36.4 Å². The van der Waals surface area contributed by atoms with Crippen molar-refractivity contribution in [2.45, 2.75) is 63.8 Å². The Hall–Kier alpha value is -3.39. The van der Waals surface area contributed by atoms with E-state index in [1.54, 1.807) is 4.90 Å². The fourth-order valence-electron chi connectivity index (χ4n) is 6.05. The highest BCUT2D eigenvalue weighted by molar-refractivity contribution is 5.76. The Labute approximate surface area is 250 Å². The summed E-state index contributed by atoms with van der Waals surface area (Å²) in [6.45, 7) is 4.82. The van der Waals surface area contributed by atoms with E-state index in [-0.39, 0.29) is 35.7 Å². The first-order chi connectivity index (χ1) is 20.5. The smallest absolute Gasteiger partial charge is 0.392 e. The van der Waals surface area contributed by atoms with Gasteiger partial charge < -0.3 is 19.8 Å². The van der Waals surface area contributed by atoms with Crippen LogP contribution in [-0.4, -0.2) is 82.5 Å². The van der Waals surface area contributed by atoms with Crippen molar-refractivity contribution < 1.29 is 45.4 Å².